The summed E-state index contributed by atoms with van der Waals surface area (Å²) in [4.78, 5) is 4.03. The summed E-state index contributed by atoms with van der Waals surface area (Å²) >= 11 is 6.68. The standard InChI is InChI=1S/C6H6Br2N2/c1-3-6(8)4(7)2-5(9)10-3/h2H,1H3,(H2,9,10). The summed E-state index contributed by atoms with van der Waals surface area (Å²) in [6.07, 6.45) is 0. The predicted octanol–water partition coefficient (Wildman–Crippen LogP) is 2.50. The molecule has 10 heavy (non-hydrogen) atoms. The molecule has 0 saturated heterocycles. The highest BCUT2D eigenvalue weighted by atomic mass is 79.9. The number of nitrogens with zero attached hydrogens (tertiary/aromatic N) is 1. The number of pyridine rings is 1. The zero-order chi connectivity index (χ0) is 7.72. The van der Waals surface area contributed by atoms with Gasteiger partial charge < -0.3 is 5.73 Å². The molecule has 4 heteroatoms. The lowest BCUT2D eigenvalue weighted by Gasteiger charge is -2.00. The van der Waals surface area contributed by atoms with E-state index >= 15 is 0 Å². The molecule has 2 N–H and O–H groups in total. The van der Waals surface area contributed by atoms with Crippen LogP contribution in [0.5, 0.6) is 0 Å². The summed E-state index contributed by atoms with van der Waals surface area (Å²) in [6.45, 7) is 1.89. The minimum absolute atomic E-state index is 0.535. The minimum atomic E-state index is 0.535. The van der Waals surface area contributed by atoms with Gasteiger partial charge in [-0.3, -0.25) is 0 Å². The molecule has 0 bridgehead atoms. The molecule has 2 nitrogen and oxygen atoms in total. The average Bonchev–Trinajstić information content (AvgIpc) is 1.82. The lowest BCUT2D eigenvalue weighted by molar-refractivity contribution is 1.18. The number of hydrogen-bond acceptors (Lipinski definition) is 2. The SMILES string of the molecule is Cc1nc(N)cc(Br)c1Br. The third-order valence-corrected chi connectivity index (χ3v) is 3.26. The quantitative estimate of drug-likeness (QED) is 0.783. The molecule has 0 spiro atoms. The van der Waals surface area contributed by atoms with Gasteiger partial charge in [-0.15, -0.1) is 0 Å². The molecular weight excluding hydrogens is 260 g/mol. The molecule has 0 aliphatic heterocycles. The second kappa shape index (κ2) is 2.88. The van der Waals surface area contributed by atoms with Gasteiger partial charge in [0.25, 0.3) is 0 Å². The number of anilines is 1. The fourth-order valence-electron chi connectivity index (χ4n) is 0.641. The lowest BCUT2D eigenvalue weighted by Crippen LogP contribution is -1.92. The zero-order valence-electron chi connectivity index (χ0n) is 5.36. The maximum Gasteiger partial charge on any atom is 0.124 e. The first-order valence-electron chi connectivity index (χ1n) is 2.69. The van der Waals surface area contributed by atoms with Crippen LogP contribution < -0.4 is 5.73 Å². The van der Waals surface area contributed by atoms with Crippen molar-refractivity contribution < 1.29 is 0 Å². The maximum atomic E-state index is 5.47. The van der Waals surface area contributed by atoms with Crippen LogP contribution >= 0.6 is 31.9 Å². The van der Waals surface area contributed by atoms with Gasteiger partial charge in [0, 0.05) is 4.47 Å². The zero-order valence-corrected chi connectivity index (χ0v) is 8.53. The molecule has 0 aromatic carbocycles. The molecule has 0 radical (unpaired) electrons. The molecule has 1 heterocycles. The predicted molar refractivity (Wildman–Crippen MR) is 48.8 cm³/mol. The molecule has 0 aliphatic rings. The van der Waals surface area contributed by atoms with Crippen molar-refractivity contribution in [1.82, 2.24) is 4.98 Å². The average molecular weight is 266 g/mol. The molecule has 0 unspecified atom stereocenters. The van der Waals surface area contributed by atoms with Crippen molar-refractivity contribution in [1.29, 1.82) is 0 Å². The molecule has 0 atom stereocenters. The first-order chi connectivity index (χ1) is 4.61. The van der Waals surface area contributed by atoms with Crippen LogP contribution in [-0.2, 0) is 0 Å². The molecule has 0 aliphatic carbocycles. The van der Waals surface area contributed by atoms with Crippen LogP contribution in [0.15, 0.2) is 15.0 Å². The van der Waals surface area contributed by atoms with Crippen LogP contribution in [0.25, 0.3) is 0 Å². The van der Waals surface area contributed by atoms with Gasteiger partial charge in [0.2, 0.25) is 0 Å². The van der Waals surface area contributed by atoms with E-state index in [2.05, 4.69) is 36.8 Å². The Kier molecular flexibility index (Phi) is 2.31. The summed E-state index contributed by atoms with van der Waals surface area (Å²) in [5.74, 6) is 0.535. The van der Waals surface area contributed by atoms with Crippen molar-refractivity contribution in [3.05, 3.63) is 20.7 Å². The first-order valence-corrected chi connectivity index (χ1v) is 4.28. The van der Waals surface area contributed by atoms with E-state index < -0.39 is 0 Å². The molecule has 0 saturated carbocycles. The minimum Gasteiger partial charge on any atom is -0.384 e. The Morgan fingerprint density at radius 3 is 2.60 bits per heavy atom. The number of aromatic nitrogens is 1. The van der Waals surface area contributed by atoms with Crippen molar-refractivity contribution in [2.24, 2.45) is 0 Å². The number of aryl methyl sites for hydroxylation is 1. The smallest absolute Gasteiger partial charge is 0.124 e. The van der Waals surface area contributed by atoms with Gasteiger partial charge in [0.05, 0.1) is 10.2 Å². The number of rotatable bonds is 0. The number of hydrogen-bond donors (Lipinski definition) is 1. The van der Waals surface area contributed by atoms with Crippen LogP contribution in [-0.4, -0.2) is 4.98 Å². The second-order valence-corrected chi connectivity index (χ2v) is 3.58. The topological polar surface area (TPSA) is 38.9 Å². The first kappa shape index (κ1) is 8.01. The molecule has 0 amide bonds. The van der Waals surface area contributed by atoms with E-state index in [9.17, 15) is 0 Å². The van der Waals surface area contributed by atoms with E-state index in [1.165, 1.54) is 0 Å². The number of nitrogen functional groups attached to an aromatic ring is 1. The Bertz CT molecular complexity index is 237. The summed E-state index contributed by atoms with van der Waals surface area (Å²) in [5.41, 5.74) is 6.36. The van der Waals surface area contributed by atoms with E-state index in [4.69, 9.17) is 5.73 Å². The summed E-state index contributed by atoms with van der Waals surface area (Å²) in [5, 5.41) is 0. The largest absolute Gasteiger partial charge is 0.384 e. The molecule has 1 rings (SSSR count). The Balaban J connectivity index is 3.31. The van der Waals surface area contributed by atoms with Gasteiger partial charge in [-0.1, -0.05) is 0 Å². The highest BCUT2D eigenvalue weighted by Crippen LogP contribution is 2.26. The monoisotopic (exact) mass is 264 g/mol. The maximum absolute atomic E-state index is 5.47. The summed E-state index contributed by atoms with van der Waals surface area (Å²) in [7, 11) is 0. The Morgan fingerprint density at radius 1 is 1.50 bits per heavy atom. The fourth-order valence-corrected chi connectivity index (χ4v) is 1.37. The number of nitrogens with two attached hydrogens (primary N) is 1. The molecule has 1 aromatic rings. The fraction of sp³-hybridized carbons (Fsp3) is 0.167. The normalized spacial score (nSPS) is 9.90. The molecule has 1 aromatic heterocycles. The molecular formula is C6H6Br2N2. The molecule has 54 valence electrons. The van der Waals surface area contributed by atoms with Crippen LogP contribution in [0.3, 0.4) is 0 Å². The third-order valence-electron chi connectivity index (χ3n) is 1.10. The van der Waals surface area contributed by atoms with Crippen molar-refractivity contribution in [3.8, 4) is 0 Å². The van der Waals surface area contributed by atoms with E-state index in [1.54, 1.807) is 6.07 Å². The van der Waals surface area contributed by atoms with E-state index in [0.717, 1.165) is 14.6 Å². The van der Waals surface area contributed by atoms with E-state index in [0.29, 0.717) is 5.82 Å². The third kappa shape index (κ3) is 1.49. The van der Waals surface area contributed by atoms with Crippen LogP contribution in [0.2, 0.25) is 0 Å². The second-order valence-electron chi connectivity index (χ2n) is 1.93. The van der Waals surface area contributed by atoms with Crippen LogP contribution in [0.4, 0.5) is 5.82 Å². The van der Waals surface area contributed by atoms with E-state index in [1.807, 2.05) is 6.92 Å². The number of halogens is 2. The van der Waals surface area contributed by atoms with Crippen molar-refractivity contribution in [2.45, 2.75) is 6.92 Å². The van der Waals surface area contributed by atoms with Crippen LogP contribution in [0, 0.1) is 6.92 Å². The van der Waals surface area contributed by atoms with Gasteiger partial charge >= 0.3 is 0 Å². The van der Waals surface area contributed by atoms with Crippen molar-refractivity contribution in [3.63, 3.8) is 0 Å². The Hall–Kier alpha value is -0.0900. The van der Waals surface area contributed by atoms with Crippen LogP contribution in [0.1, 0.15) is 5.69 Å². The summed E-state index contributed by atoms with van der Waals surface area (Å²) < 4.78 is 1.90. The van der Waals surface area contributed by atoms with Gasteiger partial charge in [-0.05, 0) is 44.8 Å². The Labute approximate surface area is 76.1 Å². The van der Waals surface area contributed by atoms with Gasteiger partial charge in [-0.2, -0.15) is 0 Å². The van der Waals surface area contributed by atoms with Crippen molar-refractivity contribution >= 4 is 37.7 Å². The summed E-state index contributed by atoms with van der Waals surface area (Å²) in [6, 6.07) is 1.76. The van der Waals surface area contributed by atoms with Gasteiger partial charge in [0.1, 0.15) is 5.82 Å². The van der Waals surface area contributed by atoms with E-state index in [-0.39, 0.29) is 0 Å². The highest BCUT2D eigenvalue weighted by Gasteiger charge is 2.01. The lowest BCUT2D eigenvalue weighted by atomic mass is 10.4. The van der Waals surface area contributed by atoms with Gasteiger partial charge in [0.15, 0.2) is 0 Å². The van der Waals surface area contributed by atoms with Crippen molar-refractivity contribution in [2.75, 3.05) is 5.73 Å². The molecule has 0 fully saturated rings. The Morgan fingerprint density at radius 2 is 2.10 bits per heavy atom. The highest BCUT2D eigenvalue weighted by molar-refractivity contribution is 9.13. The van der Waals surface area contributed by atoms with Gasteiger partial charge in [-0.25, -0.2) is 4.98 Å².